The first-order valence-electron chi connectivity index (χ1n) is 8.44. The summed E-state index contributed by atoms with van der Waals surface area (Å²) in [4.78, 5) is 25.2. The Morgan fingerprint density at radius 3 is 2.44 bits per heavy atom. The molecule has 2 heterocycles. The van der Waals surface area contributed by atoms with E-state index < -0.39 is 15.4 Å². The summed E-state index contributed by atoms with van der Waals surface area (Å²) in [6, 6.07) is 7.38. The van der Waals surface area contributed by atoms with Gasteiger partial charge in [-0.2, -0.15) is 0 Å². The lowest BCUT2D eigenvalue weighted by Gasteiger charge is -2.23. The van der Waals surface area contributed by atoms with Gasteiger partial charge in [0.1, 0.15) is 6.54 Å². The molecule has 136 valence electrons. The summed E-state index contributed by atoms with van der Waals surface area (Å²) in [5.41, 5.74) is 0.529. The van der Waals surface area contributed by atoms with Crippen LogP contribution >= 0.6 is 0 Å². The highest BCUT2D eigenvalue weighted by Gasteiger charge is 2.39. The van der Waals surface area contributed by atoms with E-state index in [-0.39, 0.29) is 29.6 Å². The summed E-state index contributed by atoms with van der Waals surface area (Å²) in [6.07, 6.45) is 1.21. The number of aromatic nitrogens is 2. The molecule has 1 aromatic heterocycles. The van der Waals surface area contributed by atoms with Gasteiger partial charge in [0.2, 0.25) is 5.91 Å². The van der Waals surface area contributed by atoms with Gasteiger partial charge in [-0.3, -0.25) is 13.9 Å². The Balaban J connectivity index is 1.87. The Bertz CT molecular complexity index is 973. The number of rotatable bonds is 5. The standard InChI is InChI=1S/C17H23N3O4S/c1-3-9-19-13-6-4-5-7-14(13)20(16(19)22)11-15(21)18-17(2)8-10-25(23,24)12-17/h4-7H,3,8-12H2,1-2H3,(H,18,21)/t17-/m1/s1. The van der Waals surface area contributed by atoms with Gasteiger partial charge in [-0.25, -0.2) is 13.2 Å². The lowest BCUT2D eigenvalue weighted by atomic mass is 10.0. The van der Waals surface area contributed by atoms with E-state index in [1.807, 2.05) is 31.2 Å². The molecule has 1 saturated heterocycles. The third-order valence-corrected chi connectivity index (χ3v) is 6.52. The molecule has 0 saturated carbocycles. The van der Waals surface area contributed by atoms with Gasteiger partial charge in [-0.05, 0) is 31.9 Å². The van der Waals surface area contributed by atoms with E-state index in [1.165, 1.54) is 4.57 Å². The average Bonchev–Trinajstić information content (AvgIpc) is 2.95. The van der Waals surface area contributed by atoms with Crippen molar-refractivity contribution in [3.63, 3.8) is 0 Å². The van der Waals surface area contributed by atoms with Gasteiger partial charge in [-0.1, -0.05) is 19.1 Å². The van der Waals surface area contributed by atoms with E-state index in [2.05, 4.69) is 5.32 Å². The molecular formula is C17H23N3O4S. The average molecular weight is 365 g/mol. The van der Waals surface area contributed by atoms with Crippen molar-refractivity contribution in [2.24, 2.45) is 0 Å². The van der Waals surface area contributed by atoms with Crippen LogP contribution in [0.3, 0.4) is 0 Å². The highest BCUT2D eigenvalue weighted by Crippen LogP contribution is 2.23. The first-order chi connectivity index (χ1) is 11.7. The molecule has 0 radical (unpaired) electrons. The summed E-state index contributed by atoms with van der Waals surface area (Å²) in [5.74, 6) is -0.321. The van der Waals surface area contributed by atoms with Gasteiger partial charge < -0.3 is 5.32 Å². The monoisotopic (exact) mass is 365 g/mol. The van der Waals surface area contributed by atoms with Gasteiger partial charge in [0, 0.05) is 6.54 Å². The molecule has 7 nitrogen and oxygen atoms in total. The third kappa shape index (κ3) is 3.49. The van der Waals surface area contributed by atoms with Crippen LogP contribution in [0, 0.1) is 0 Å². The topological polar surface area (TPSA) is 90.2 Å². The summed E-state index contributed by atoms with van der Waals surface area (Å²) in [7, 11) is -3.11. The van der Waals surface area contributed by atoms with Gasteiger partial charge >= 0.3 is 5.69 Å². The molecule has 3 rings (SSSR count). The number of carbonyl (C=O) groups is 1. The molecule has 1 aliphatic heterocycles. The van der Waals surface area contributed by atoms with Gasteiger partial charge in [0.15, 0.2) is 9.84 Å². The second-order valence-electron chi connectivity index (χ2n) is 6.96. The Kier molecular flexibility index (Phi) is 4.49. The van der Waals surface area contributed by atoms with Gasteiger partial charge in [0.05, 0.1) is 28.1 Å². The number of nitrogens with one attached hydrogen (secondary N) is 1. The van der Waals surface area contributed by atoms with E-state index in [9.17, 15) is 18.0 Å². The van der Waals surface area contributed by atoms with Crippen LogP contribution in [0.4, 0.5) is 0 Å². The van der Waals surface area contributed by atoms with Crippen LogP contribution in [0.25, 0.3) is 11.0 Å². The molecule has 1 amide bonds. The van der Waals surface area contributed by atoms with E-state index in [0.717, 1.165) is 11.9 Å². The van der Waals surface area contributed by atoms with Crippen molar-refractivity contribution in [2.75, 3.05) is 11.5 Å². The number of benzene rings is 1. The zero-order chi connectivity index (χ0) is 18.2. The second-order valence-corrected chi connectivity index (χ2v) is 9.14. The van der Waals surface area contributed by atoms with Crippen molar-refractivity contribution in [1.82, 2.24) is 14.5 Å². The lowest BCUT2D eigenvalue weighted by Crippen LogP contribution is -2.48. The fourth-order valence-corrected chi connectivity index (χ4v) is 5.59. The molecule has 0 aliphatic carbocycles. The number of sulfone groups is 1. The minimum atomic E-state index is -3.11. The number of imidazole rings is 1. The van der Waals surface area contributed by atoms with Crippen LogP contribution in [0.2, 0.25) is 0 Å². The number of fused-ring (bicyclic) bond motifs is 1. The van der Waals surface area contributed by atoms with Crippen LogP contribution in [-0.4, -0.2) is 40.5 Å². The molecule has 1 aliphatic rings. The first-order valence-corrected chi connectivity index (χ1v) is 10.3. The van der Waals surface area contributed by atoms with E-state index in [0.29, 0.717) is 18.5 Å². The van der Waals surface area contributed by atoms with Crippen molar-refractivity contribution in [3.05, 3.63) is 34.7 Å². The molecule has 1 atom stereocenters. The zero-order valence-corrected chi connectivity index (χ0v) is 15.3. The smallest absolute Gasteiger partial charge is 0.329 e. The Morgan fingerprint density at radius 1 is 1.24 bits per heavy atom. The number of amides is 1. The van der Waals surface area contributed by atoms with E-state index in [1.54, 1.807) is 11.5 Å². The first kappa shape index (κ1) is 17.7. The fourth-order valence-electron chi connectivity index (χ4n) is 3.49. The predicted molar refractivity (Wildman–Crippen MR) is 96.3 cm³/mol. The summed E-state index contributed by atoms with van der Waals surface area (Å²) in [6.45, 7) is 4.20. The van der Waals surface area contributed by atoms with E-state index >= 15 is 0 Å². The molecule has 1 fully saturated rings. The maximum Gasteiger partial charge on any atom is 0.329 e. The Hall–Kier alpha value is -2.09. The minimum Gasteiger partial charge on any atom is -0.348 e. The maximum absolute atomic E-state index is 12.7. The predicted octanol–water partition coefficient (Wildman–Crippen LogP) is 0.906. The molecule has 0 spiro atoms. The van der Waals surface area contributed by atoms with Crippen molar-refractivity contribution in [2.45, 2.75) is 45.3 Å². The van der Waals surface area contributed by atoms with Crippen LogP contribution in [0.5, 0.6) is 0 Å². The molecule has 25 heavy (non-hydrogen) atoms. The Morgan fingerprint density at radius 2 is 1.88 bits per heavy atom. The van der Waals surface area contributed by atoms with Gasteiger partial charge in [-0.15, -0.1) is 0 Å². The number of carbonyl (C=O) groups excluding carboxylic acids is 1. The summed E-state index contributed by atoms with van der Waals surface area (Å²) in [5, 5.41) is 2.81. The summed E-state index contributed by atoms with van der Waals surface area (Å²) < 4.78 is 26.5. The Labute approximate surface area is 146 Å². The molecule has 1 N–H and O–H groups in total. The molecule has 2 aromatic rings. The number of aryl methyl sites for hydroxylation is 1. The SMILES string of the molecule is CCCn1c(=O)n(CC(=O)N[C@]2(C)CCS(=O)(=O)C2)c2ccccc21. The number of hydrogen-bond donors (Lipinski definition) is 1. The van der Waals surface area contributed by atoms with Crippen molar-refractivity contribution >= 4 is 26.8 Å². The fraction of sp³-hybridized carbons (Fsp3) is 0.529. The third-order valence-electron chi connectivity index (χ3n) is 4.62. The highest BCUT2D eigenvalue weighted by atomic mass is 32.2. The zero-order valence-electron chi connectivity index (χ0n) is 14.5. The normalized spacial score (nSPS) is 22.3. The lowest BCUT2D eigenvalue weighted by molar-refractivity contribution is -0.123. The van der Waals surface area contributed by atoms with E-state index in [4.69, 9.17) is 0 Å². The molecule has 0 bridgehead atoms. The number of hydrogen-bond acceptors (Lipinski definition) is 4. The van der Waals surface area contributed by atoms with Crippen molar-refractivity contribution < 1.29 is 13.2 Å². The van der Waals surface area contributed by atoms with Crippen molar-refractivity contribution in [1.29, 1.82) is 0 Å². The molecule has 8 heteroatoms. The highest BCUT2D eigenvalue weighted by molar-refractivity contribution is 7.91. The van der Waals surface area contributed by atoms with Crippen LogP contribution < -0.4 is 11.0 Å². The van der Waals surface area contributed by atoms with Crippen LogP contribution in [0.1, 0.15) is 26.7 Å². The minimum absolute atomic E-state index is 0.0573. The summed E-state index contributed by atoms with van der Waals surface area (Å²) >= 11 is 0. The largest absolute Gasteiger partial charge is 0.348 e. The maximum atomic E-state index is 12.7. The number of nitrogens with zero attached hydrogens (tertiary/aromatic N) is 2. The number of para-hydroxylation sites is 2. The van der Waals surface area contributed by atoms with Crippen LogP contribution in [-0.2, 0) is 27.7 Å². The van der Waals surface area contributed by atoms with Crippen molar-refractivity contribution in [3.8, 4) is 0 Å². The second kappa shape index (κ2) is 6.33. The molecular weight excluding hydrogens is 342 g/mol. The van der Waals surface area contributed by atoms with Gasteiger partial charge in [0.25, 0.3) is 0 Å². The molecule has 1 aromatic carbocycles. The molecule has 0 unspecified atom stereocenters. The quantitative estimate of drug-likeness (QED) is 0.853. The van der Waals surface area contributed by atoms with Crippen LogP contribution in [0.15, 0.2) is 29.1 Å².